The number of carbonyl (C=O) groups excluding carboxylic acids is 1. The Morgan fingerprint density at radius 1 is 1.14 bits per heavy atom. The van der Waals surface area contributed by atoms with Crippen molar-refractivity contribution < 1.29 is 23.0 Å². The summed E-state index contributed by atoms with van der Waals surface area (Å²) in [6.45, 7) is 2.88. The van der Waals surface area contributed by atoms with E-state index >= 15 is 0 Å². The first-order valence-electron chi connectivity index (χ1n) is 9.62. The highest BCUT2D eigenvalue weighted by atomic mass is 19.3. The van der Waals surface area contributed by atoms with Crippen LogP contribution in [0.2, 0.25) is 0 Å². The van der Waals surface area contributed by atoms with Crippen molar-refractivity contribution in [3.8, 4) is 11.1 Å². The monoisotopic (exact) mass is 388 g/mol. The number of hydrogen-bond donors (Lipinski definition) is 0. The first kappa shape index (κ1) is 20.5. The fraction of sp³-hybridized carbons (Fsp3) is 0.435. The summed E-state index contributed by atoms with van der Waals surface area (Å²) in [6, 6.07) is 10.1. The second-order valence-corrected chi connectivity index (χ2v) is 7.33. The molecule has 0 radical (unpaired) electrons. The van der Waals surface area contributed by atoms with Crippen molar-refractivity contribution in [2.24, 2.45) is 0 Å². The smallest absolute Gasteiger partial charge is 0.346 e. The van der Waals surface area contributed by atoms with Gasteiger partial charge in [0.05, 0.1) is 7.11 Å². The van der Waals surface area contributed by atoms with Crippen molar-refractivity contribution in [1.29, 1.82) is 0 Å². The third-order valence-corrected chi connectivity index (χ3v) is 5.45. The molecule has 3 nitrogen and oxygen atoms in total. The van der Waals surface area contributed by atoms with Crippen molar-refractivity contribution in [3.05, 3.63) is 58.1 Å². The maximum Gasteiger partial charge on any atom is 0.346 e. The molecule has 1 aliphatic carbocycles. The number of methoxy groups -OCH3 is 1. The lowest BCUT2D eigenvalue weighted by Crippen LogP contribution is -2.22. The Bertz CT molecular complexity index is 872. The van der Waals surface area contributed by atoms with Crippen LogP contribution < -0.4 is 0 Å². The topological polar surface area (TPSA) is 35.5 Å². The molecule has 150 valence electrons. The minimum atomic E-state index is -3.08. The van der Waals surface area contributed by atoms with Gasteiger partial charge in [0, 0.05) is 5.56 Å². The largest absolute Gasteiger partial charge is 0.467 e. The van der Waals surface area contributed by atoms with Gasteiger partial charge in [0.1, 0.15) is 0 Å². The van der Waals surface area contributed by atoms with Crippen LogP contribution in [0.4, 0.5) is 8.78 Å². The molecule has 0 bridgehead atoms. The molecule has 1 fully saturated rings. The highest BCUT2D eigenvalue weighted by Crippen LogP contribution is 2.48. The molecular formula is C23H26F2O3. The van der Waals surface area contributed by atoms with Gasteiger partial charge in [-0.25, -0.2) is 4.79 Å². The molecule has 0 aromatic heterocycles. The summed E-state index contributed by atoms with van der Waals surface area (Å²) < 4.78 is 35.8. The molecule has 0 heterocycles. The molecule has 1 saturated carbocycles. The lowest BCUT2D eigenvalue weighted by atomic mass is 9.85. The third-order valence-electron chi connectivity index (χ3n) is 5.45. The molecule has 1 unspecified atom stereocenters. The highest BCUT2D eigenvalue weighted by molar-refractivity contribution is 5.84. The van der Waals surface area contributed by atoms with Gasteiger partial charge in [-0.15, -0.1) is 0 Å². The summed E-state index contributed by atoms with van der Waals surface area (Å²) in [5, 5.41) is 0. The Morgan fingerprint density at radius 3 is 2.39 bits per heavy atom. The van der Waals surface area contributed by atoms with Crippen molar-refractivity contribution in [3.63, 3.8) is 0 Å². The van der Waals surface area contributed by atoms with Crippen LogP contribution in [0.25, 0.3) is 11.1 Å². The van der Waals surface area contributed by atoms with Gasteiger partial charge in [-0.3, -0.25) is 0 Å². The standard InChI is InChI=1S/C23H26F2O3/c1-5-15-12-17(8-6-13(15)2)20-18(16-9-10-16)11-7-14(3)19(20)21(22(26)27-4)28-23(24)25/h6-8,11-12,16,21,23H,5,9-10H2,1-4H3. The number of hydrogen-bond acceptors (Lipinski definition) is 3. The van der Waals surface area contributed by atoms with Crippen LogP contribution in [0.15, 0.2) is 30.3 Å². The Balaban J connectivity index is 2.27. The average Bonchev–Trinajstić information content (AvgIpc) is 3.51. The minimum absolute atomic E-state index is 0.380. The van der Waals surface area contributed by atoms with Crippen LogP contribution in [0, 0.1) is 13.8 Å². The number of ether oxygens (including phenoxy) is 2. The van der Waals surface area contributed by atoms with E-state index in [1.54, 1.807) is 0 Å². The Morgan fingerprint density at radius 2 is 1.82 bits per heavy atom. The van der Waals surface area contributed by atoms with Crippen molar-refractivity contribution >= 4 is 5.97 Å². The van der Waals surface area contributed by atoms with Gasteiger partial charge in [0.2, 0.25) is 0 Å². The van der Waals surface area contributed by atoms with Gasteiger partial charge in [-0.05, 0) is 72.4 Å². The molecular weight excluding hydrogens is 362 g/mol. The third kappa shape index (κ3) is 4.09. The van der Waals surface area contributed by atoms with E-state index in [1.807, 2.05) is 31.2 Å². The first-order chi connectivity index (χ1) is 13.4. The lowest BCUT2D eigenvalue weighted by Gasteiger charge is -2.24. The predicted octanol–water partition coefficient (Wildman–Crippen LogP) is 5.86. The van der Waals surface area contributed by atoms with Gasteiger partial charge >= 0.3 is 12.6 Å². The molecule has 0 aliphatic heterocycles. The summed E-state index contributed by atoms with van der Waals surface area (Å²) in [7, 11) is 1.19. The number of aryl methyl sites for hydroxylation is 3. The van der Waals surface area contributed by atoms with Crippen LogP contribution >= 0.6 is 0 Å². The van der Waals surface area contributed by atoms with E-state index in [0.717, 1.165) is 41.5 Å². The Hall–Kier alpha value is -2.27. The van der Waals surface area contributed by atoms with Crippen LogP contribution in [-0.2, 0) is 20.7 Å². The Labute approximate surface area is 164 Å². The molecule has 0 spiro atoms. The number of alkyl halides is 2. The molecule has 2 aromatic rings. The SMILES string of the molecule is CCc1cc(-c2c(C3CC3)ccc(C)c2C(OC(F)F)C(=O)OC)ccc1C. The Kier molecular flexibility index (Phi) is 6.14. The average molecular weight is 388 g/mol. The van der Waals surface area contributed by atoms with E-state index in [9.17, 15) is 13.6 Å². The van der Waals surface area contributed by atoms with E-state index in [0.29, 0.717) is 11.5 Å². The van der Waals surface area contributed by atoms with Gasteiger partial charge in [-0.2, -0.15) is 8.78 Å². The van der Waals surface area contributed by atoms with Gasteiger partial charge in [-0.1, -0.05) is 37.3 Å². The van der Waals surface area contributed by atoms with Crippen molar-refractivity contribution in [1.82, 2.24) is 0 Å². The number of rotatable bonds is 7. The predicted molar refractivity (Wildman–Crippen MR) is 105 cm³/mol. The van der Waals surface area contributed by atoms with Crippen LogP contribution in [-0.4, -0.2) is 19.7 Å². The second kappa shape index (κ2) is 8.39. The zero-order valence-corrected chi connectivity index (χ0v) is 16.7. The lowest BCUT2D eigenvalue weighted by molar-refractivity contribution is -0.191. The molecule has 0 N–H and O–H groups in total. The summed E-state index contributed by atoms with van der Waals surface area (Å²) >= 11 is 0. The fourth-order valence-corrected chi connectivity index (χ4v) is 3.79. The summed E-state index contributed by atoms with van der Waals surface area (Å²) in [5.41, 5.74) is 6.41. The fourth-order valence-electron chi connectivity index (χ4n) is 3.79. The quantitative estimate of drug-likeness (QED) is 0.557. The number of carbonyl (C=O) groups is 1. The van der Waals surface area contributed by atoms with Gasteiger partial charge in [0.25, 0.3) is 0 Å². The number of benzene rings is 2. The second-order valence-electron chi connectivity index (χ2n) is 7.33. The maximum atomic E-state index is 13.1. The van der Waals surface area contributed by atoms with Gasteiger partial charge < -0.3 is 9.47 Å². The van der Waals surface area contributed by atoms with Gasteiger partial charge in [0.15, 0.2) is 6.10 Å². The molecule has 0 amide bonds. The van der Waals surface area contributed by atoms with Crippen molar-refractivity contribution in [2.45, 2.75) is 58.7 Å². The highest BCUT2D eigenvalue weighted by Gasteiger charge is 2.34. The van der Waals surface area contributed by atoms with Crippen LogP contribution in [0.5, 0.6) is 0 Å². The summed E-state index contributed by atoms with van der Waals surface area (Å²) in [5.74, 6) is -0.439. The molecule has 3 rings (SSSR count). The van der Waals surface area contributed by atoms with Crippen LogP contribution in [0.1, 0.15) is 59.6 Å². The normalized spacial score (nSPS) is 15.0. The summed E-state index contributed by atoms with van der Waals surface area (Å²) in [4.78, 5) is 12.4. The number of halogens is 2. The van der Waals surface area contributed by atoms with E-state index in [4.69, 9.17) is 9.47 Å². The van der Waals surface area contributed by atoms with E-state index in [-0.39, 0.29) is 0 Å². The molecule has 0 saturated heterocycles. The van der Waals surface area contributed by atoms with E-state index in [2.05, 4.69) is 19.9 Å². The molecule has 1 atom stereocenters. The number of esters is 1. The molecule has 2 aromatic carbocycles. The van der Waals surface area contributed by atoms with Crippen molar-refractivity contribution in [2.75, 3.05) is 7.11 Å². The minimum Gasteiger partial charge on any atom is -0.467 e. The van der Waals surface area contributed by atoms with Crippen LogP contribution in [0.3, 0.4) is 0 Å². The summed E-state index contributed by atoms with van der Waals surface area (Å²) in [6.07, 6.45) is 1.51. The molecule has 1 aliphatic rings. The molecule has 5 heteroatoms. The van der Waals surface area contributed by atoms with E-state index < -0.39 is 18.7 Å². The maximum absolute atomic E-state index is 13.1. The molecule has 28 heavy (non-hydrogen) atoms. The van der Waals surface area contributed by atoms with E-state index in [1.165, 1.54) is 18.2 Å². The zero-order chi connectivity index (χ0) is 20.4. The first-order valence-corrected chi connectivity index (χ1v) is 9.62. The zero-order valence-electron chi connectivity index (χ0n) is 16.7.